The zero-order valence-electron chi connectivity index (χ0n) is 10.8. The molecule has 0 fully saturated rings. The fourth-order valence-corrected chi connectivity index (χ4v) is 2.36. The molecule has 1 aromatic rings. The molecule has 1 aromatic carbocycles. The quantitative estimate of drug-likeness (QED) is 0.817. The monoisotopic (exact) mass is 314 g/mol. The standard InChI is InChI=1S/C14H19BrO3/c1-3-8-18-14(17)7-6-13(16)11-5-4-10(2)9-12(11)15/h4-5,9,13,16H,3,6-8H2,1-2H3. The summed E-state index contributed by atoms with van der Waals surface area (Å²) in [6.45, 7) is 4.39. The summed E-state index contributed by atoms with van der Waals surface area (Å²) in [6, 6.07) is 5.77. The lowest BCUT2D eigenvalue weighted by atomic mass is 10.0. The highest BCUT2D eigenvalue weighted by Crippen LogP contribution is 2.27. The number of aliphatic hydroxyl groups excluding tert-OH is 1. The van der Waals surface area contributed by atoms with Crippen molar-refractivity contribution in [2.45, 2.75) is 39.2 Å². The molecule has 0 radical (unpaired) electrons. The summed E-state index contributed by atoms with van der Waals surface area (Å²) < 4.78 is 5.84. The molecule has 0 saturated carbocycles. The number of hydrogen-bond donors (Lipinski definition) is 1. The summed E-state index contributed by atoms with van der Waals surface area (Å²) in [5.41, 5.74) is 1.93. The second-order valence-electron chi connectivity index (χ2n) is 4.30. The van der Waals surface area contributed by atoms with Crippen molar-refractivity contribution in [3.05, 3.63) is 33.8 Å². The Balaban J connectivity index is 2.50. The summed E-state index contributed by atoms with van der Waals surface area (Å²) in [5.74, 6) is -0.251. The van der Waals surface area contributed by atoms with Crippen LogP contribution < -0.4 is 0 Å². The third-order valence-electron chi connectivity index (χ3n) is 2.60. The molecule has 0 aliphatic heterocycles. The molecule has 3 nitrogen and oxygen atoms in total. The topological polar surface area (TPSA) is 46.5 Å². The molecule has 1 unspecified atom stereocenters. The third kappa shape index (κ3) is 4.78. The van der Waals surface area contributed by atoms with Crippen LogP contribution in [0.15, 0.2) is 22.7 Å². The fraction of sp³-hybridized carbons (Fsp3) is 0.500. The van der Waals surface area contributed by atoms with Crippen LogP contribution in [0, 0.1) is 6.92 Å². The lowest BCUT2D eigenvalue weighted by Crippen LogP contribution is -2.08. The summed E-state index contributed by atoms with van der Waals surface area (Å²) >= 11 is 3.42. The van der Waals surface area contributed by atoms with Crippen LogP contribution in [0.4, 0.5) is 0 Å². The summed E-state index contributed by atoms with van der Waals surface area (Å²) in [4.78, 5) is 11.3. The maximum Gasteiger partial charge on any atom is 0.305 e. The van der Waals surface area contributed by atoms with Gasteiger partial charge in [-0.3, -0.25) is 4.79 Å². The molecule has 100 valence electrons. The van der Waals surface area contributed by atoms with Crippen molar-refractivity contribution in [3.8, 4) is 0 Å². The Hall–Kier alpha value is -0.870. The molecular formula is C14H19BrO3. The van der Waals surface area contributed by atoms with E-state index >= 15 is 0 Å². The molecule has 0 heterocycles. The van der Waals surface area contributed by atoms with E-state index in [1.807, 2.05) is 32.0 Å². The van der Waals surface area contributed by atoms with Crippen LogP contribution in [0.25, 0.3) is 0 Å². The first kappa shape index (κ1) is 15.2. The van der Waals surface area contributed by atoms with Crippen LogP contribution in [0.2, 0.25) is 0 Å². The molecule has 0 bridgehead atoms. The van der Waals surface area contributed by atoms with Crippen molar-refractivity contribution >= 4 is 21.9 Å². The van der Waals surface area contributed by atoms with Gasteiger partial charge in [0.25, 0.3) is 0 Å². The van der Waals surface area contributed by atoms with Gasteiger partial charge in [0.15, 0.2) is 0 Å². The van der Waals surface area contributed by atoms with Gasteiger partial charge in [0, 0.05) is 10.9 Å². The normalized spacial score (nSPS) is 12.2. The highest BCUT2D eigenvalue weighted by Gasteiger charge is 2.13. The van der Waals surface area contributed by atoms with Crippen LogP contribution in [0.5, 0.6) is 0 Å². The molecule has 18 heavy (non-hydrogen) atoms. The van der Waals surface area contributed by atoms with Gasteiger partial charge in [-0.25, -0.2) is 0 Å². The van der Waals surface area contributed by atoms with E-state index in [9.17, 15) is 9.90 Å². The van der Waals surface area contributed by atoms with E-state index in [1.165, 1.54) is 0 Å². The largest absolute Gasteiger partial charge is 0.466 e. The van der Waals surface area contributed by atoms with E-state index in [0.717, 1.165) is 22.0 Å². The van der Waals surface area contributed by atoms with E-state index in [4.69, 9.17) is 4.74 Å². The number of carbonyl (C=O) groups is 1. The number of rotatable bonds is 6. The first-order valence-corrected chi connectivity index (χ1v) is 6.93. The number of esters is 1. The Morgan fingerprint density at radius 1 is 1.50 bits per heavy atom. The Morgan fingerprint density at radius 3 is 2.83 bits per heavy atom. The van der Waals surface area contributed by atoms with Crippen molar-refractivity contribution in [3.63, 3.8) is 0 Å². The summed E-state index contributed by atoms with van der Waals surface area (Å²) in [5, 5.41) is 10.0. The van der Waals surface area contributed by atoms with Crippen molar-refractivity contribution in [2.75, 3.05) is 6.61 Å². The molecule has 0 saturated heterocycles. The van der Waals surface area contributed by atoms with E-state index < -0.39 is 6.10 Å². The van der Waals surface area contributed by atoms with Gasteiger partial charge >= 0.3 is 5.97 Å². The fourth-order valence-electron chi connectivity index (χ4n) is 1.60. The number of ether oxygens (including phenoxy) is 1. The van der Waals surface area contributed by atoms with Crippen molar-refractivity contribution in [1.29, 1.82) is 0 Å². The van der Waals surface area contributed by atoms with Crippen LogP contribution in [-0.4, -0.2) is 17.7 Å². The first-order valence-electron chi connectivity index (χ1n) is 6.14. The van der Waals surface area contributed by atoms with Gasteiger partial charge < -0.3 is 9.84 Å². The van der Waals surface area contributed by atoms with E-state index in [2.05, 4.69) is 15.9 Å². The third-order valence-corrected chi connectivity index (χ3v) is 3.29. The Morgan fingerprint density at radius 2 is 2.22 bits per heavy atom. The van der Waals surface area contributed by atoms with Gasteiger partial charge in [0.2, 0.25) is 0 Å². The molecule has 1 rings (SSSR count). The highest BCUT2D eigenvalue weighted by atomic mass is 79.9. The number of carbonyl (C=O) groups excluding carboxylic acids is 1. The SMILES string of the molecule is CCCOC(=O)CCC(O)c1ccc(C)cc1Br. The van der Waals surface area contributed by atoms with Crippen molar-refractivity contribution in [1.82, 2.24) is 0 Å². The average molecular weight is 315 g/mol. The van der Waals surface area contributed by atoms with Crippen molar-refractivity contribution in [2.24, 2.45) is 0 Å². The summed E-state index contributed by atoms with van der Waals surface area (Å²) in [7, 11) is 0. The molecule has 1 atom stereocenters. The minimum absolute atomic E-state index is 0.238. The number of halogens is 1. The molecule has 4 heteroatoms. The van der Waals surface area contributed by atoms with Gasteiger partial charge in [-0.2, -0.15) is 0 Å². The molecule has 0 spiro atoms. The Labute approximate surface area is 116 Å². The zero-order chi connectivity index (χ0) is 13.5. The minimum atomic E-state index is -0.644. The van der Waals surface area contributed by atoms with Crippen molar-refractivity contribution < 1.29 is 14.6 Å². The predicted octanol–water partition coefficient (Wildman–Crippen LogP) is 3.52. The number of aryl methyl sites for hydroxylation is 1. The molecule has 0 aliphatic carbocycles. The van der Waals surface area contributed by atoms with E-state index in [0.29, 0.717) is 13.0 Å². The van der Waals surface area contributed by atoms with Crippen LogP contribution in [-0.2, 0) is 9.53 Å². The van der Waals surface area contributed by atoms with Gasteiger partial charge in [-0.1, -0.05) is 35.0 Å². The maximum absolute atomic E-state index is 11.3. The van der Waals surface area contributed by atoms with Gasteiger partial charge in [-0.15, -0.1) is 0 Å². The van der Waals surface area contributed by atoms with Crippen LogP contribution >= 0.6 is 15.9 Å². The molecule has 0 amide bonds. The lowest BCUT2D eigenvalue weighted by molar-refractivity contribution is -0.144. The van der Waals surface area contributed by atoms with Gasteiger partial charge in [-0.05, 0) is 37.0 Å². The van der Waals surface area contributed by atoms with Crippen LogP contribution in [0.1, 0.15) is 43.4 Å². The number of benzene rings is 1. The number of aliphatic hydroxyl groups is 1. The Kier molecular flexibility index (Phi) is 6.36. The molecule has 0 aliphatic rings. The van der Waals surface area contributed by atoms with Gasteiger partial charge in [0.05, 0.1) is 12.7 Å². The Bertz CT molecular complexity index is 404. The van der Waals surface area contributed by atoms with Gasteiger partial charge in [0.1, 0.15) is 0 Å². The average Bonchev–Trinajstić information content (AvgIpc) is 2.33. The molecule has 0 aromatic heterocycles. The maximum atomic E-state index is 11.3. The second-order valence-corrected chi connectivity index (χ2v) is 5.15. The van der Waals surface area contributed by atoms with Crippen LogP contribution in [0.3, 0.4) is 0 Å². The first-order chi connectivity index (χ1) is 8.54. The second kappa shape index (κ2) is 7.54. The number of hydrogen-bond acceptors (Lipinski definition) is 3. The smallest absolute Gasteiger partial charge is 0.305 e. The van der Waals surface area contributed by atoms with E-state index in [-0.39, 0.29) is 12.4 Å². The predicted molar refractivity (Wildman–Crippen MR) is 74.3 cm³/mol. The zero-order valence-corrected chi connectivity index (χ0v) is 12.4. The van der Waals surface area contributed by atoms with E-state index in [1.54, 1.807) is 0 Å². The molecule has 1 N–H and O–H groups in total. The highest BCUT2D eigenvalue weighted by molar-refractivity contribution is 9.10. The lowest BCUT2D eigenvalue weighted by Gasteiger charge is -2.13. The minimum Gasteiger partial charge on any atom is -0.466 e. The molecular weight excluding hydrogens is 296 g/mol. The summed E-state index contributed by atoms with van der Waals surface area (Å²) in [6.07, 6.45) is 0.790.